The Kier molecular flexibility index (Phi) is 10.5. The van der Waals surface area contributed by atoms with Crippen LogP contribution in [0.15, 0.2) is 54.6 Å². The molecule has 1 aliphatic heterocycles. The quantitative estimate of drug-likeness (QED) is 0.391. The number of nitrogens with zero attached hydrogens (tertiary/aromatic N) is 1. The Hall–Kier alpha value is -4.12. The lowest BCUT2D eigenvalue weighted by molar-refractivity contribution is -0.130. The first-order valence-electron chi connectivity index (χ1n) is 12.5. The maximum absolute atomic E-state index is 13.2. The Balaban J connectivity index is 1.67. The minimum atomic E-state index is -1.12. The van der Waals surface area contributed by atoms with Gasteiger partial charge >= 0.3 is 12.1 Å². The van der Waals surface area contributed by atoms with E-state index in [2.05, 4.69) is 16.0 Å². The number of aromatic hydroxyl groups is 1. The molecule has 2 aromatic rings. The Morgan fingerprint density at radius 2 is 1.58 bits per heavy atom. The number of urea groups is 1. The highest BCUT2D eigenvalue weighted by Crippen LogP contribution is 2.13. The fourth-order valence-electron chi connectivity index (χ4n) is 3.80. The fraction of sp³-hybridized carbons (Fsp3) is 0.407. The van der Waals surface area contributed by atoms with Gasteiger partial charge in [0.2, 0.25) is 5.91 Å². The lowest BCUT2D eigenvalue weighted by Gasteiger charge is -2.28. The molecule has 11 heteroatoms. The summed E-state index contributed by atoms with van der Waals surface area (Å²) in [6.45, 7) is 4.97. The van der Waals surface area contributed by atoms with Crippen LogP contribution in [0.3, 0.4) is 0 Å². The molecule has 11 nitrogen and oxygen atoms in total. The normalized spacial score (nSPS) is 14.8. The zero-order valence-corrected chi connectivity index (χ0v) is 21.5. The number of phenolic OH excluding ortho intramolecular Hbond substituents is 1. The third-order valence-electron chi connectivity index (χ3n) is 5.97. The third-order valence-corrected chi connectivity index (χ3v) is 5.97. The number of morpholine rings is 1. The standard InChI is InChI=1S/C27H34N4O7/c1-18(2)23(29-27(36)38-17-20-6-4-3-5-7-20)25(34)28-22(16-19-8-10-21(32)11-9-19)24(33)30-26(35)31-12-14-37-15-13-31/h3-11,18,22-23,32H,12-17H2,1-2H3,(H,28,34)(H,29,36)(H,30,33,35)/t22-,23-/m0/s1. The summed E-state index contributed by atoms with van der Waals surface area (Å²) >= 11 is 0. The summed E-state index contributed by atoms with van der Waals surface area (Å²) in [4.78, 5) is 52.8. The number of hydrogen-bond donors (Lipinski definition) is 4. The highest BCUT2D eigenvalue weighted by molar-refractivity contribution is 5.99. The van der Waals surface area contributed by atoms with Crippen LogP contribution in [0.1, 0.15) is 25.0 Å². The number of carbonyl (C=O) groups is 4. The van der Waals surface area contributed by atoms with E-state index in [9.17, 15) is 24.3 Å². The van der Waals surface area contributed by atoms with E-state index in [-0.39, 0.29) is 24.7 Å². The highest BCUT2D eigenvalue weighted by atomic mass is 16.5. The van der Waals surface area contributed by atoms with Gasteiger partial charge in [-0.3, -0.25) is 14.9 Å². The number of nitrogens with one attached hydrogen (secondary N) is 3. The number of imide groups is 1. The molecule has 0 bridgehead atoms. The molecule has 0 aliphatic carbocycles. The zero-order chi connectivity index (χ0) is 27.5. The van der Waals surface area contributed by atoms with Crippen molar-refractivity contribution in [2.75, 3.05) is 26.3 Å². The van der Waals surface area contributed by atoms with Crippen LogP contribution in [0.4, 0.5) is 9.59 Å². The van der Waals surface area contributed by atoms with Gasteiger partial charge in [-0.15, -0.1) is 0 Å². The van der Waals surface area contributed by atoms with Crippen LogP contribution in [0.25, 0.3) is 0 Å². The van der Waals surface area contributed by atoms with Gasteiger partial charge in [0.15, 0.2) is 0 Å². The molecule has 4 N–H and O–H groups in total. The topological polar surface area (TPSA) is 146 Å². The first kappa shape index (κ1) is 28.5. The van der Waals surface area contributed by atoms with Gasteiger partial charge in [-0.1, -0.05) is 56.3 Å². The average molecular weight is 527 g/mol. The van der Waals surface area contributed by atoms with Gasteiger partial charge in [-0.05, 0) is 29.2 Å². The summed E-state index contributed by atoms with van der Waals surface area (Å²) < 4.78 is 10.5. The van der Waals surface area contributed by atoms with E-state index in [4.69, 9.17) is 9.47 Å². The molecule has 2 atom stereocenters. The maximum atomic E-state index is 13.2. The number of benzene rings is 2. The number of amides is 5. The number of ether oxygens (including phenoxy) is 2. The monoisotopic (exact) mass is 526 g/mol. The summed E-state index contributed by atoms with van der Waals surface area (Å²) in [5, 5.41) is 17.2. The second-order valence-electron chi connectivity index (χ2n) is 9.25. The molecule has 1 fully saturated rings. The molecule has 204 valence electrons. The largest absolute Gasteiger partial charge is 0.508 e. The number of alkyl carbamates (subject to hydrolysis) is 1. The van der Waals surface area contributed by atoms with Crippen molar-refractivity contribution >= 4 is 23.9 Å². The van der Waals surface area contributed by atoms with Crippen LogP contribution >= 0.6 is 0 Å². The van der Waals surface area contributed by atoms with Crippen LogP contribution in [-0.2, 0) is 32.1 Å². The SMILES string of the molecule is CC(C)[C@H](NC(=O)OCc1ccccc1)C(=O)N[C@@H](Cc1ccc(O)cc1)C(=O)NC(=O)N1CCOCC1. The summed E-state index contributed by atoms with van der Waals surface area (Å²) in [6.07, 6.45) is -0.720. The van der Waals surface area contributed by atoms with E-state index < -0.39 is 36.0 Å². The van der Waals surface area contributed by atoms with Crippen molar-refractivity contribution in [2.24, 2.45) is 5.92 Å². The van der Waals surface area contributed by atoms with E-state index in [1.165, 1.54) is 17.0 Å². The predicted octanol–water partition coefficient (Wildman–Crippen LogP) is 1.94. The van der Waals surface area contributed by atoms with Crippen molar-refractivity contribution in [3.63, 3.8) is 0 Å². The van der Waals surface area contributed by atoms with Crippen molar-refractivity contribution < 1.29 is 33.8 Å². The van der Waals surface area contributed by atoms with E-state index in [1.54, 1.807) is 26.0 Å². The summed E-state index contributed by atoms with van der Waals surface area (Å²) in [5.74, 6) is -1.57. The number of phenols is 1. The Morgan fingerprint density at radius 1 is 0.921 bits per heavy atom. The molecule has 1 aliphatic rings. The first-order valence-corrected chi connectivity index (χ1v) is 12.5. The third kappa shape index (κ3) is 8.77. The summed E-state index contributed by atoms with van der Waals surface area (Å²) in [5.41, 5.74) is 1.45. The van der Waals surface area contributed by atoms with Crippen molar-refractivity contribution in [2.45, 2.75) is 39.0 Å². The second-order valence-corrected chi connectivity index (χ2v) is 9.25. The lowest BCUT2D eigenvalue weighted by Crippen LogP contribution is -2.58. The van der Waals surface area contributed by atoms with Crippen molar-refractivity contribution in [1.29, 1.82) is 0 Å². The lowest BCUT2D eigenvalue weighted by atomic mass is 10.0. The molecule has 0 radical (unpaired) electrons. The molecule has 3 rings (SSSR count). The van der Waals surface area contributed by atoms with Gasteiger partial charge in [0, 0.05) is 19.5 Å². The van der Waals surface area contributed by atoms with Crippen molar-refractivity contribution in [3.8, 4) is 5.75 Å². The van der Waals surface area contributed by atoms with E-state index >= 15 is 0 Å². The average Bonchev–Trinajstić information content (AvgIpc) is 2.92. The van der Waals surface area contributed by atoms with Crippen molar-refractivity contribution in [1.82, 2.24) is 20.9 Å². The fourth-order valence-corrected chi connectivity index (χ4v) is 3.80. The van der Waals surface area contributed by atoms with Crippen LogP contribution < -0.4 is 16.0 Å². The molecule has 5 amide bonds. The predicted molar refractivity (Wildman–Crippen MR) is 138 cm³/mol. The molecule has 1 heterocycles. The van der Waals surface area contributed by atoms with E-state index in [1.807, 2.05) is 30.3 Å². The second kappa shape index (κ2) is 14.0. The zero-order valence-electron chi connectivity index (χ0n) is 21.5. The number of hydrogen-bond acceptors (Lipinski definition) is 7. The maximum Gasteiger partial charge on any atom is 0.408 e. The Bertz CT molecular complexity index is 1090. The molecular weight excluding hydrogens is 492 g/mol. The first-order chi connectivity index (χ1) is 18.2. The molecule has 38 heavy (non-hydrogen) atoms. The molecule has 0 saturated carbocycles. The van der Waals surface area contributed by atoms with Crippen LogP contribution in [0, 0.1) is 5.92 Å². The van der Waals surface area contributed by atoms with Crippen LogP contribution in [0.5, 0.6) is 5.75 Å². The molecule has 1 saturated heterocycles. The van der Waals surface area contributed by atoms with Gasteiger partial charge in [0.1, 0.15) is 24.4 Å². The molecule has 0 aromatic heterocycles. The summed E-state index contributed by atoms with van der Waals surface area (Å²) in [7, 11) is 0. The number of carbonyl (C=O) groups excluding carboxylic acids is 4. The van der Waals surface area contributed by atoms with Crippen LogP contribution in [0.2, 0.25) is 0 Å². The molecular formula is C27H34N4O7. The van der Waals surface area contributed by atoms with E-state index in [0.29, 0.717) is 31.9 Å². The van der Waals surface area contributed by atoms with Gasteiger partial charge < -0.3 is 30.1 Å². The smallest absolute Gasteiger partial charge is 0.408 e. The van der Waals surface area contributed by atoms with E-state index in [0.717, 1.165) is 5.56 Å². The van der Waals surface area contributed by atoms with Gasteiger partial charge in [0.25, 0.3) is 5.91 Å². The summed E-state index contributed by atoms with van der Waals surface area (Å²) in [6, 6.07) is 12.6. The minimum Gasteiger partial charge on any atom is -0.508 e. The minimum absolute atomic E-state index is 0.0364. The van der Waals surface area contributed by atoms with Crippen molar-refractivity contribution in [3.05, 3.63) is 65.7 Å². The Morgan fingerprint density at radius 3 is 2.21 bits per heavy atom. The highest BCUT2D eigenvalue weighted by Gasteiger charge is 2.31. The van der Waals surface area contributed by atoms with Crippen LogP contribution in [-0.4, -0.2) is 72.3 Å². The Labute approximate surface area is 221 Å². The molecule has 2 aromatic carbocycles. The number of rotatable bonds is 9. The molecule has 0 spiro atoms. The molecule has 0 unspecified atom stereocenters. The van der Waals surface area contributed by atoms with Gasteiger partial charge in [-0.25, -0.2) is 9.59 Å². The van der Waals surface area contributed by atoms with Gasteiger partial charge in [-0.2, -0.15) is 0 Å². The van der Waals surface area contributed by atoms with Gasteiger partial charge in [0.05, 0.1) is 13.2 Å².